The van der Waals surface area contributed by atoms with Crippen molar-refractivity contribution in [2.24, 2.45) is 7.05 Å². The number of carbonyl (C=O) groups excluding carboxylic acids is 1. The van der Waals surface area contributed by atoms with Gasteiger partial charge in [0, 0.05) is 56.1 Å². The zero-order valence-corrected chi connectivity index (χ0v) is 22.5. The first-order valence-corrected chi connectivity index (χ1v) is 12.6. The molecule has 0 unspecified atom stereocenters. The Hall–Kier alpha value is -4.33. The fraction of sp³-hybridized carbons (Fsp3) is 0.300. The third kappa shape index (κ3) is 4.81. The Balaban J connectivity index is 1.58. The molecule has 38 heavy (non-hydrogen) atoms. The van der Waals surface area contributed by atoms with Crippen molar-refractivity contribution in [3.63, 3.8) is 0 Å². The van der Waals surface area contributed by atoms with Crippen LogP contribution in [0.1, 0.15) is 38.3 Å². The van der Waals surface area contributed by atoms with Crippen molar-refractivity contribution in [1.82, 2.24) is 19.0 Å². The van der Waals surface area contributed by atoms with Crippen LogP contribution in [0.3, 0.4) is 0 Å². The molecule has 2 aromatic carbocycles. The van der Waals surface area contributed by atoms with Crippen molar-refractivity contribution in [3.05, 3.63) is 94.1 Å². The Morgan fingerprint density at radius 3 is 2.24 bits per heavy atom. The minimum Gasteiger partial charge on any atom is -0.497 e. The summed E-state index contributed by atoms with van der Waals surface area (Å²) in [5, 5.41) is 8.38. The van der Waals surface area contributed by atoms with E-state index in [-0.39, 0.29) is 5.91 Å². The standard InChI is InChI=1S/C30H33N5O3/c1-19-16-32-20(2)10-26(19)27-13-22(18-35-9-8-33(3)30(35)31)14-28-25(27)6-7-34(29(28)36)17-21-11-23(37-4)15-24(12-21)38-5/h8-16,31H,6-7,17-18H2,1-5H3. The number of imidazole rings is 1. The number of pyridine rings is 1. The summed E-state index contributed by atoms with van der Waals surface area (Å²) in [7, 11) is 5.11. The highest BCUT2D eigenvalue weighted by Crippen LogP contribution is 2.35. The highest BCUT2D eigenvalue weighted by atomic mass is 16.5. The van der Waals surface area contributed by atoms with Crippen LogP contribution < -0.4 is 15.1 Å². The number of hydrogen-bond donors (Lipinski definition) is 1. The van der Waals surface area contributed by atoms with Gasteiger partial charge in [-0.3, -0.25) is 15.2 Å². The van der Waals surface area contributed by atoms with E-state index in [2.05, 4.69) is 24.0 Å². The lowest BCUT2D eigenvalue weighted by atomic mass is 9.87. The van der Waals surface area contributed by atoms with Crippen LogP contribution in [-0.4, -0.2) is 45.7 Å². The minimum atomic E-state index is 0.00345. The Kier molecular flexibility index (Phi) is 6.80. The molecule has 0 saturated heterocycles. The van der Waals surface area contributed by atoms with Crippen LogP contribution in [0.25, 0.3) is 11.1 Å². The molecule has 4 aromatic rings. The predicted octanol–water partition coefficient (Wildman–Crippen LogP) is 4.25. The lowest BCUT2D eigenvalue weighted by Crippen LogP contribution is -2.37. The van der Waals surface area contributed by atoms with E-state index < -0.39 is 0 Å². The van der Waals surface area contributed by atoms with Gasteiger partial charge in [-0.05, 0) is 84.0 Å². The summed E-state index contributed by atoms with van der Waals surface area (Å²) in [6.45, 7) is 5.63. The molecule has 1 amide bonds. The number of amides is 1. The van der Waals surface area contributed by atoms with E-state index in [0.29, 0.717) is 36.8 Å². The Bertz CT molecular complexity index is 1560. The molecule has 0 bridgehead atoms. The number of benzene rings is 2. The minimum absolute atomic E-state index is 0.00345. The number of nitrogens with one attached hydrogen (secondary N) is 1. The molecule has 0 atom stereocenters. The van der Waals surface area contributed by atoms with Crippen molar-refractivity contribution >= 4 is 5.91 Å². The fourth-order valence-corrected chi connectivity index (χ4v) is 5.14. The van der Waals surface area contributed by atoms with Gasteiger partial charge in [-0.1, -0.05) is 0 Å². The molecule has 2 aromatic heterocycles. The van der Waals surface area contributed by atoms with Gasteiger partial charge in [-0.25, -0.2) is 0 Å². The molecule has 0 spiro atoms. The third-order valence-electron chi connectivity index (χ3n) is 7.20. The summed E-state index contributed by atoms with van der Waals surface area (Å²) in [6, 6.07) is 12.0. The highest BCUT2D eigenvalue weighted by molar-refractivity contribution is 5.99. The van der Waals surface area contributed by atoms with E-state index in [9.17, 15) is 4.79 Å². The fourth-order valence-electron chi connectivity index (χ4n) is 5.14. The zero-order chi connectivity index (χ0) is 27.0. The zero-order valence-electron chi connectivity index (χ0n) is 22.5. The van der Waals surface area contributed by atoms with Crippen molar-refractivity contribution in [3.8, 4) is 22.6 Å². The second-order valence-electron chi connectivity index (χ2n) is 9.87. The summed E-state index contributed by atoms with van der Waals surface area (Å²) in [5.74, 6) is 1.40. The molecule has 5 rings (SSSR count). The van der Waals surface area contributed by atoms with Gasteiger partial charge in [0.1, 0.15) is 11.5 Å². The van der Waals surface area contributed by atoms with Crippen LogP contribution in [0.15, 0.2) is 55.0 Å². The largest absolute Gasteiger partial charge is 0.497 e. The van der Waals surface area contributed by atoms with Crippen molar-refractivity contribution < 1.29 is 14.3 Å². The number of hydrogen-bond acceptors (Lipinski definition) is 5. The van der Waals surface area contributed by atoms with E-state index in [1.54, 1.807) is 18.8 Å². The van der Waals surface area contributed by atoms with Gasteiger partial charge in [-0.2, -0.15) is 0 Å². The number of methoxy groups -OCH3 is 2. The molecule has 0 radical (unpaired) electrons. The molecule has 8 heteroatoms. The average Bonchev–Trinajstić information content (AvgIpc) is 3.23. The van der Waals surface area contributed by atoms with E-state index >= 15 is 0 Å². The Labute approximate surface area is 222 Å². The van der Waals surface area contributed by atoms with Gasteiger partial charge < -0.3 is 23.5 Å². The smallest absolute Gasteiger partial charge is 0.254 e. The topological polar surface area (TPSA) is 85.4 Å². The number of ether oxygens (including phenoxy) is 2. The molecule has 1 N–H and O–H groups in total. The Morgan fingerprint density at radius 1 is 0.895 bits per heavy atom. The SMILES string of the molecule is COc1cc(CN2CCc3c(cc(Cn4ccn(C)c4=N)cc3-c3cc(C)ncc3C)C2=O)cc(OC)c1. The predicted molar refractivity (Wildman–Crippen MR) is 145 cm³/mol. The van der Waals surface area contributed by atoms with Gasteiger partial charge >= 0.3 is 0 Å². The summed E-state index contributed by atoms with van der Waals surface area (Å²) in [6.07, 6.45) is 6.41. The van der Waals surface area contributed by atoms with Crippen LogP contribution in [0.5, 0.6) is 11.5 Å². The number of carbonyl (C=O) groups is 1. The lowest BCUT2D eigenvalue weighted by Gasteiger charge is -2.31. The first-order valence-electron chi connectivity index (χ1n) is 12.6. The number of aryl methyl sites for hydroxylation is 3. The van der Waals surface area contributed by atoms with Gasteiger partial charge in [0.25, 0.3) is 5.91 Å². The maximum atomic E-state index is 13.9. The monoisotopic (exact) mass is 511 g/mol. The van der Waals surface area contributed by atoms with Crippen LogP contribution in [0.2, 0.25) is 0 Å². The van der Waals surface area contributed by atoms with Crippen molar-refractivity contribution in [2.75, 3.05) is 20.8 Å². The molecular formula is C30H33N5O3. The lowest BCUT2D eigenvalue weighted by molar-refractivity contribution is 0.0726. The van der Waals surface area contributed by atoms with Gasteiger partial charge in [0.05, 0.1) is 20.8 Å². The van der Waals surface area contributed by atoms with Crippen LogP contribution in [-0.2, 0) is 26.6 Å². The second kappa shape index (κ2) is 10.2. The van der Waals surface area contributed by atoms with Crippen LogP contribution in [0.4, 0.5) is 0 Å². The molecule has 1 aliphatic heterocycles. The summed E-state index contributed by atoms with van der Waals surface area (Å²) in [5.41, 5.74) is 8.29. The van der Waals surface area contributed by atoms with Gasteiger partial charge in [0.2, 0.25) is 5.62 Å². The number of nitrogens with zero attached hydrogens (tertiary/aromatic N) is 4. The first-order chi connectivity index (χ1) is 18.3. The van der Waals surface area contributed by atoms with Crippen molar-refractivity contribution in [1.29, 1.82) is 5.41 Å². The number of aromatic nitrogens is 3. The van der Waals surface area contributed by atoms with E-state index in [0.717, 1.165) is 51.1 Å². The maximum absolute atomic E-state index is 13.9. The molecular weight excluding hydrogens is 478 g/mol. The number of rotatable bonds is 7. The maximum Gasteiger partial charge on any atom is 0.254 e. The molecule has 0 fully saturated rings. The Morgan fingerprint density at radius 2 is 1.58 bits per heavy atom. The molecule has 0 saturated carbocycles. The van der Waals surface area contributed by atoms with E-state index in [1.807, 2.05) is 66.3 Å². The highest BCUT2D eigenvalue weighted by Gasteiger charge is 2.28. The van der Waals surface area contributed by atoms with Crippen LogP contribution in [0, 0.1) is 19.3 Å². The van der Waals surface area contributed by atoms with Crippen molar-refractivity contribution in [2.45, 2.75) is 33.4 Å². The summed E-state index contributed by atoms with van der Waals surface area (Å²) >= 11 is 0. The quantitative estimate of drug-likeness (QED) is 0.402. The third-order valence-corrected chi connectivity index (χ3v) is 7.20. The molecule has 8 nitrogen and oxygen atoms in total. The molecule has 0 aliphatic carbocycles. The molecule has 1 aliphatic rings. The first kappa shape index (κ1) is 25.3. The van der Waals surface area contributed by atoms with Gasteiger partial charge in [-0.15, -0.1) is 0 Å². The molecule has 3 heterocycles. The summed E-state index contributed by atoms with van der Waals surface area (Å²) in [4.78, 5) is 20.3. The summed E-state index contributed by atoms with van der Waals surface area (Å²) < 4.78 is 14.5. The van der Waals surface area contributed by atoms with Crippen LogP contribution >= 0.6 is 0 Å². The average molecular weight is 512 g/mol. The normalized spacial score (nSPS) is 13.0. The number of fused-ring (bicyclic) bond motifs is 1. The van der Waals surface area contributed by atoms with Gasteiger partial charge in [0.15, 0.2) is 0 Å². The second-order valence-corrected chi connectivity index (χ2v) is 9.87. The van der Waals surface area contributed by atoms with E-state index in [4.69, 9.17) is 14.9 Å². The molecule has 196 valence electrons. The van der Waals surface area contributed by atoms with E-state index in [1.165, 1.54) is 0 Å².